The van der Waals surface area contributed by atoms with E-state index in [9.17, 15) is 20.1 Å². The smallest absolute Gasteiger partial charge is 0.335 e. The molecule has 0 aromatic carbocycles. The lowest BCUT2D eigenvalue weighted by Gasteiger charge is -2.63. The van der Waals surface area contributed by atoms with Crippen LogP contribution in [0.25, 0.3) is 0 Å². The van der Waals surface area contributed by atoms with E-state index in [1.165, 1.54) is 13.2 Å². The maximum Gasteiger partial charge on any atom is 0.335 e. The van der Waals surface area contributed by atoms with E-state index in [0.717, 1.165) is 56.9 Å². The summed E-state index contributed by atoms with van der Waals surface area (Å²) >= 11 is 0. The molecule has 3 N–H and O–H groups in total. The number of aliphatic hydroxyl groups excluding tert-OH is 2. The topological polar surface area (TPSA) is 131 Å². The molecule has 2 saturated heterocycles. The largest absolute Gasteiger partial charge is 0.431 e. The fourth-order valence-electron chi connectivity index (χ4n) is 10.5. The van der Waals surface area contributed by atoms with E-state index in [1.54, 1.807) is 13.2 Å². The van der Waals surface area contributed by atoms with Gasteiger partial charge in [0.1, 0.15) is 30.0 Å². The highest BCUT2D eigenvalue weighted by Crippen LogP contribution is 2.75. The van der Waals surface area contributed by atoms with Crippen LogP contribution in [0.5, 0.6) is 0 Å². The van der Waals surface area contributed by atoms with Crippen molar-refractivity contribution in [3.8, 4) is 0 Å². The molecule has 14 unspecified atom stereocenters. The molecule has 0 amide bonds. The Kier molecular flexibility index (Phi) is 6.25. The Morgan fingerprint density at radius 1 is 0.950 bits per heavy atom. The molecule has 4 aliphatic carbocycles. The van der Waals surface area contributed by atoms with Gasteiger partial charge in [-0.3, -0.25) is 0 Å². The van der Waals surface area contributed by atoms with Crippen molar-refractivity contribution in [2.24, 2.45) is 22.7 Å². The van der Waals surface area contributed by atoms with Crippen molar-refractivity contribution in [2.45, 2.75) is 132 Å². The Labute approximate surface area is 235 Å². The van der Waals surface area contributed by atoms with Gasteiger partial charge in [-0.25, -0.2) is 4.79 Å². The van der Waals surface area contributed by atoms with E-state index < -0.39 is 36.3 Å². The third-order valence-corrected chi connectivity index (χ3v) is 12.8. The third kappa shape index (κ3) is 3.49. The van der Waals surface area contributed by atoms with E-state index in [1.807, 2.05) is 6.07 Å². The van der Waals surface area contributed by atoms with Crippen molar-refractivity contribution < 1.29 is 38.7 Å². The molecule has 3 heterocycles. The van der Waals surface area contributed by atoms with Gasteiger partial charge in [-0.05, 0) is 87.7 Å². The monoisotopic (exact) mass is 560 g/mol. The van der Waals surface area contributed by atoms with Crippen molar-refractivity contribution in [1.29, 1.82) is 0 Å². The van der Waals surface area contributed by atoms with Crippen molar-refractivity contribution in [3.63, 3.8) is 0 Å². The van der Waals surface area contributed by atoms with Crippen LogP contribution in [-0.2, 0) is 18.9 Å². The first kappa shape index (κ1) is 27.5. The summed E-state index contributed by atoms with van der Waals surface area (Å²) in [6.45, 7) is 6.38. The average Bonchev–Trinajstić information content (AvgIpc) is 3.61. The molecular formula is C31H44O9. The summed E-state index contributed by atoms with van der Waals surface area (Å²) in [7, 11) is 1.48. The van der Waals surface area contributed by atoms with E-state index in [4.69, 9.17) is 23.4 Å². The maximum absolute atomic E-state index is 12.5. The van der Waals surface area contributed by atoms with Crippen LogP contribution in [0, 0.1) is 22.7 Å². The van der Waals surface area contributed by atoms with Crippen LogP contribution < -0.4 is 5.63 Å². The second-order valence-corrected chi connectivity index (χ2v) is 14.1. The van der Waals surface area contributed by atoms with Crippen LogP contribution in [0.3, 0.4) is 0 Å². The first-order chi connectivity index (χ1) is 19.0. The molecule has 7 rings (SSSR count). The lowest BCUT2D eigenvalue weighted by atomic mass is 9.43. The van der Waals surface area contributed by atoms with Crippen LogP contribution >= 0.6 is 0 Å². The molecule has 6 fully saturated rings. The molecule has 0 bridgehead atoms. The zero-order chi connectivity index (χ0) is 28.2. The van der Waals surface area contributed by atoms with Crippen LogP contribution in [0.1, 0.15) is 83.6 Å². The normalized spacial score (nSPS) is 55.1. The molecular weight excluding hydrogens is 516 g/mol. The number of aliphatic hydroxyl groups is 3. The number of fused-ring (bicyclic) bond motifs is 4. The van der Waals surface area contributed by atoms with Crippen molar-refractivity contribution in [2.75, 3.05) is 7.11 Å². The van der Waals surface area contributed by atoms with Gasteiger partial charge in [-0.2, -0.15) is 0 Å². The quantitative estimate of drug-likeness (QED) is 0.376. The second kappa shape index (κ2) is 9.09. The Hall–Kier alpha value is -1.33. The van der Waals surface area contributed by atoms with Crippen LogP contribution in [-0.4, -0.2) is 76.5 Å². The molecule has 1 spiro atoms. The first-order valence-corrected chi connectivity index (χ1v) is 15.2. The fourth-order valence-corrected chi connectivity index (χ4v) is 10.5. The Morgan fingerprint density at radius 2 is 1.70 bits per heavy atom. The molecule has 1 aromatic rings. The highest BCUT2D eigenvalue weighted by Gasteiger charge is 2.78. The lowest BCUT2D eigenvalue weighted by molar-refractivity contribution is -0.310. The summed E-state index contributed by atoms with van der Waals surface area (Å²) in [6, 6.07) is 3.37. The predicted octanol–water partition coefficient (Wildman–Crippen LogP) is 2.88. The number of methoxy groups -OCH3 is 1. The summed E-state index contributed by atoms with van der Waals surface area (Å²) in [5, 5.41) is 33.7. The number of ether oxygens (including phenoxy) is 4. The van der Waals surface area contributed by atoms with Crippen LogP contribution in [0.2, 0.25) is 0 Å². The second-order valence-electron chi connectivity index (χ2n) is 14.1. The highest BCUT2D eigenvalue weighted by atomic mass is 16.7. The molecule has 9 heteroatoms. The van der Waals surface area contributed by atoms with Gasteiger partial charge in [0.25, 0.3) is 0 Å². The molecule has 1 aromatic heterocycles. The Balaban J connectivity index is 1.10. The Morgan fingerprint density at radius 3 is 2.42 bits per heavy atom. The molecule has 222 valence electrons. The van der Waals surface area contributed by atoms with Gasteiger partial charge in [-0.15, -0.1) is 0 Å². The van der Waals surface area contributed by atoms with Crippen LogP contribution in [0.4, 0.5) is 0 Å². The zero-order valence-electron chi connectivity index (χ0n) is 24.0. The zero-order valence-corrected chi connectivity index (χ0v) is 24.0. The molecule has 14 atom stereocenters. The minimum Gasteiger partial charge on any atom is -0.431 e. The molecule has 0 radical (unpaired) electrons. The summed E-state index contributed by atoms with van der Waals surface area (Å²) in [6.07, 6.45) is 4.23. The van der Waals surface area contributed by atoms with Crippen molar-refractivity contribution in [1.82, 2.24) is 0 Å². The summed E-state index contributed by atoms with van der Waals surface area (Å²) in [5.41, 5.74) is -0.724. The molecule has 40 heavy (non-hydrogen) atoms. The standard InChI is InChI=1S/C31H44O9/c1-16-23(33)25(36-4)24(34)27(38-16)39-21-10-12-29(3)19-7-11-28(2)18(17-5-6-22(32)37-15-17)8-13-30(28,35)20(19)9-14-31(29)26(21)40-31/h5-6,15-16,18-21,23-27,33-35H,7-14H2,1-4H3. The summed E-state index contributed by atoms with van der Waals surface area (Å²) < 4.78 is 29.5. The summed E-state index contributed by atoms with van der Waals surface area (Å²) in [4.78, 5) is 11.6. The Bertz CT molecular complexity index is 1180. The average molecular weight is 561 g/mol. The molecule has 6 aliphatic rings. The van der Waals surface area contributed by atoms with Crippen LogP contribution in [0.15, 0.2) is 27.6 Å². The van der Waals surface area contributed by atoms with E-state index in [-0.39, 0.29) is 46.1 Å². The SMILES string of the molecule is COC1C(O)C(C)OC(OC2CCC3(C)C4CCC5(C)C(c6ccc(=O)oc6)CCC5(O)C4CCC34OC24)C1O. The number of hydrogen-bond donors (Lipinski definition) is 3. The van der Waals surface area contributed by atoms with Gasteiger partial charge in [0.2, 0.25) is 0 Å². The third-order valence-electron chi connectivity index (χ3n) is 12.8. The number of hydrogen-bond acceptors (Lipinski definition) is 9. The van der Waals surface area contributed by atoms with Crippen molar-refractivity contribution in [3.05, 3.63) is 34.4 Å². The summed E-state index contributed by atoms with van der Waals surface area (Å²) in [5.74, 6) is 0.708. The van der Waals surface area contributed by atoms with Gasteiger partial charge >= 0.3 is 5.63 Å². The fraction of sp³-hybridized carbons (Fsp3) is 0.839. The van der Waals surface area contributed by atoms with Gasteiger partial charge in [0.15, 0.2) is 6.29 Å². The van der Waals surface area contributed by atoms with Gasteiger partial charge in [0.05, 0.1) is 24.1 Å². The molecule has 9 nitrogen and oxygen atoms in total. The minimum absolute atomic E-state index is 0.0697. The predicted molar refractivity (Wildman–Crippen MR) is 142 cm³/mol. The molecule has 4 saturated carbocycles. The first-order valence-electron chi connectivity index (χ1n) is 15.2. The minimum atomic E-state index is -1.09. The van der Waals surface area contributed by atoms with Crippen molar-refractivity contribution >= 4 is 0 Å². The molecule has 2 aliphatic heterocycles. The number of epoxide rings is 1. The van der Waals surface area contributed by atoms with Gasteiger partial charge in [-0.1, -0.05) is 13.8 Å². The van der Waals surface area contributed by atoms with E-state index in [2.05, 4.69) is 13.8 Å². The number of rotatable bonds is 4. The van der Waals surface area contributed by atoms with E-state index >= 15 is 0 Å². The maximum atomic E-state index is 12.5. The van der Waals surface area contributed by atoms with Gasteiger partial charge in [0, 0.05) is 24.0 Å². The highest BCUT2D eigenvalue weighted by molar-refractivity contribution is 5.30. The van der Waals surface area contributed by atoms with E-state index in [0.29, 0.717) is 5.92 Å². The lowest BCUT2D eigenvalue weighted by Crippen LogP contribution is -2.65. The van der Waals surface area contributed by atoms with Gasteiger partial charge < -0.3 is 38.7 Å².